The summed E-state index contributed by atoms with van der Waals surface area (Å²) < 4.78 is 7.45. The fourth-order valence-corrected chi connectivity index (χ4v) is 5.20. The van der Waals surface area contributed by atoms with Gasteiger partial charge >= 0.3 is 0 Å². The number of rotatable bonds is 10. The molecule has 0 unspecified atom stereocenters. The second-order valence-electron chi connectivity index (χ2n) is 8.37. The van der Waals surface area contributed by atoms with Crippen LogP contribution in [0.3, 0.4) is 0 Å². The summed E-state index contributed by atoms with van der Waals surface area (Å²) in [7, 11) is 1.80. The average molecular weight is 537 g/mol. The summed E-state index contributed by atoms with van der Waals surface area (Å²) in [5, 5.41) is 15.1. The number of hydrogen-bond donors (Lipinski definition) is 2. The maximum absolute atomic E-state index is 12.5. The van der Waals surface area contributed by atoms with Gasteiger partial charge in [-0.3, -0.25) is 9.59 Å². The van der Waals surface area contributed by atoms with Gasteiger partial charge in [-0.2, -0.15) is 0 Å². The fourth-order valence-electron chi connectivity index (χ4n) is 3.62. The first-order valence-corrected chi connectivity index (χ1v) is 13.4. The summed E-state index contributed by atoms with van der Waals surface area (Å²) in [5.41, 5.74) is 3.84. The van der Waals surface area contributed by atoms with Crippen LogP contribution in [0.15, 0.2) is 53.7 Å². The number of para-hydroxylation sites is 1. The second-order valence-corrected chi connectivity index (χ2v) is 10.5. The summed E-state index contributed by atoms with van der Waals surface area (Å²) >= 11 is 2.71. The lowest BCUT2D eigenvalue weighted by Crippen LogP contribution is -2.29. The van der Waals surface area contributed by atoms with E-state index in [4.69, 9.17) is 4.74 Å². The monoisotopic (exact) mass is 536 g/mol. The molecule has 0 bridgehead atoms. The number of aryl methyl sites for hydroxylation is 3. The molecule has 0 radical (unpaired) electrons. The van der Waals surface area contributed by atoms with Gasteiger partial charge in [0.25, 0.3) is 5.91 Å². The molecule has 2 aromatic heterocycles. The number of ether oxygens (including phenoxy) is 1. The quantitative estimate of drug-likeness (QED) is 0.291. The molecule has 0 spiro atoms. The van der Waals surface area contributed by atoms with E-state index in [0.29, 0.717) is 16.1 Å². The number of carbonyl (C=O) groups is 2. The third kappa shape index (κ3) is 6.75. The molecule has 0 aliphatic heterocycles. The predicted octanol–water partition coefficient (Wildman–Crippen LogP) is 4.29. The molecule has 192 valence electrons. The molecule has 11 heteroatoms. The van der Waals surface area contributed by atoms with Crippen LogP contribution in [0, 0.1) is 20.8 Å². The van der Waals surface area contributed by atoms with Crippen molar-refractivity contribution in [2.24, 2.45) is 7.05 Å². The Morgan fingerprint density at radius 2 is 1.73 bits per heavy atom. The van der Waals surface area contributed by atoms with Crippen LogP contribution in [0.4, 0.5) is 5.13 Å². The van der Waals surface area contributed by atoms with Gasteiger partial charge in [-0.25, -0.2) is 4.98 Å². The maximum atomic E-state index is 12.5. The molecule has 9 nitrogen and oxygen atoms in total. The zero-order valence-electron chi connectivity index (χ0n) is 21.1. The lowest BCUT2D eigenvalue weighted by atomic mass is 10.1. The van der Waals surface area contributed by atoms with Crippen molar-refractivity contribution in [3.05, 3.63) is 70.4 Å². The highest BCUT2D eigenvalue weighted by molar-refractivity contribution is 7.99. The van der Waals surface area contributed by atoms with E-state index in [1.807, 2.05) is 69.3 Å². The molecule has 4 aromatic rings. The number of benzene rings is 2. The van der Waals surface area contributed by atoms with Crippen LogP contribution in [0.2, 0.25) is 0 Å². The summed E-state index contributed by atoms with van der Waals surface area (Å²) in [4.78, 5) is 30.4. The van der Waals surface area contributed by atoms with Crippen molar-refractivity contribution in [2.45, 2.75) is 32.5 Å². The first-order valence-electron chi connectivity index (χ1n) is 11.6. The molecule has 2 heterocycles. The molecule has 0 atom stereocenters. The van der Waals surface area contributed by atoms with Gasteiger partial charge in [0, 0.05) is 17.5 Å². The number of carbonyl (C=O) groups excluding carboxylic acids is 2. The number of thioether (sulfide) groups is 1. The molecule has 0 saturated heterocycles. The van der Waals surface area contributed by atoms with Crippen molar-refractivity contribution >= 4 is 40.0 Å². The van der Waals surface area contributed by atoms with Crippen molar-refractivity contribution in [3.63, 3.8) is 0 Å². The van der Waals surface area contributed by atoms with Crippen molar-refractivity contribution < 1.29 is 14.3 Å². The molecule has 0 fully saturated rings. The third-order valence-electron chi connectivity index (χ3n) is 5.55. The number of amides is 2. The lowest BCUT2D eigenvalue weighted by Gasteiger charge is -2.12. The molecule has 0 aliphatic rings. The Bertz CT molecular complexity index is 1380. The van der Waals surface area contributed by atoms with E-state index in [1.165, 1.54) is 23.1 Å². The minimum atomic E-state index is -0.257. The molecule has 2 amide bonds. The Morgan fingerprint density at radius 3 is 2.46 bits per heavy atom. The standard InChI is InChI=1S/C26H28N6O3S2/c1-16-9-8-10-17(2)24(16)35-14-21(33)27-13-20-30-31-26(32(20)4)36-15-22(34)28-25-29-23(18(3)37-25)19-11-6-5-7-12-19/h5-12H,13-15H2,1-4H3,(H,27,33)(H,28,29,34). The third-order valence-corrected chi connectivity index (χ3v) is 7.45. The molecule has 2 aromatic carbocycles. The van der Waals surface area contributed by atoms with E-state index in [2.05, 4.69) is 25.8 Å². The Morgan fingerprint density at radius 1 is 1.00 bits per heavy atom. The van der Waals surface area contributed by atoms with Gasteiger partial charge in [-0.15, -0.1) is 21.5 Å². The van der Waals surface area contributed by atoms with Crippen molar-refractivity contribution in [1.29, 1.82) is 0 Å². The summed E-state index contributed by atoms with van der Waals surface area (Å²) in [6, 6.07) is 15.7. The maximum Gasteiger partial charge on any atom is 0.258 e. The highest BCUT2D eigenvalue weighted by Crippen LogP contribution is 2.30. The largest absolute Gasteiger partial charge is 0.483 e. The summed E-state index contributed by atoms with van der Waals surface area (Å²) in [5.74, 6) is 1.01. The number of anilines is 1. The van der Waals surface area contributed by atoms with Crippen molar-refractivity contribution in [2.75, 3.05) is 17.7 Å². The number of nitrogens with one attached hydrogen (secondary N) is 2. The van der Waals surface area contributed by atoms with Gasteiger partial charge in [-0.1, -0.05) is 60.3 Å². The van der Waals surface area contributed by atoms with E-state index >= 15 is 0 Å². The van der Waals surface area contributed by atoms with Crippen LogP contribution in [-0.4, -0.2) is 43.9 Å². The lowest BCUT2D eigenvalue weighted by molar-refractivity contribution is -0.123. The molecule has 4 rings (SSSR count). The number of nitrogens with zero attached hydrogens (tertiary/aromatic N) is 4. The van der Waals surface area contributed by atoms with E-state index in [0.717, 1.165) is 33.0 Å². The molecular weight excluding hydrogens is 508 g/mol. The SMILES string of the molecule is Cc1cccc(C)c1OCC(=O)NCc1nnc(SCC(=O)Nc2nc(-c3ccccc3)c(C)s2)n1C. The van der Waals surface area contributed by atoms with Gasteiger partial charge in [-0.05, 0) is 31.9 Å². The molecule has 0 aliphatic carbocycles. The summed E-state index contributed by atoms with van der Waals surface area (Å²) in [6.45, 7) is 5.98. The minimum Gasteiger partial charge on any atom is -0.483 e. The zero-order chi connectivity index (χ0) is 26.4. The van der Waals surface area contributed by atoms with Gasteiger partial charge in [0.2, 0.25) is 5.91 Å². The fraction of sp³-hybridized carbons (Fsp3) is 0.269. The van der Waals surface area contributed by atoms with Gasteiger partial charge in [0.15, 0.2) is 22.7 Å². The molecule has 0 saturated carbocycles. The second kappa shape index (κ2) is 12.0. The van der Waals surface area contributed by atoms with Crippen LogP contribution in [-0.2, 0) is 23.2 Å². The first kappa shape index (κ1) is 26.4. The van der Waals surface area contributed by atoms with Crippen LogP contribution in [0.1, 0.15) is 21.8 Å². The highest BCUT2D eigenvalue weighted by Gasteiger charge is 2.15. The van der Waals surface area contributed by atoms with Crippen LogP contribution in [0.5, 0.6) is 5.75 Å². The highest BCUT2D eigenvalue weighted by atomic mass is 32.2. The Labute approximate surface area is 223 Å². The van der Waals surface area contributed by atoms with Crippen LogP contribution < -0.4 is 15.4 Å². The minimum absolute atomic E-state index is 0.0897. The Hall–Kier alpha value is -3.70. The number of hydrogen-bond acceptors (Lipinski definition) is 8. The van der Waals surface area contributed by atoms with Crippen molar-refractivity contribution in [1.82, 2.24) is 25.1 Å². The van der Waals surface area contributed by atoms with Gasteiger partial charge in [0.1, 0.15) is 5.75 Å². The Kier molecular flexibility index (Phi) is 8.57. The van der Waals surface area contributed by atoms with E-state index < -0.39 is 0 Å². The smallest absolute Gasteiger partial charge is 0.258 e. The molecular formula is C26H28N6O3S2. The van der Waals surface area contributed by atoms with E-state index in [-0.39, 0.29) is 30.7 Å². The number of aromatic nitrogens is 4. The number of thiazole rings is 1. The summed E-state index contributed by atoms with van der Waals surface area (Å²) in [6.07, 6.45) is 0. The normalized spacial score (nSPS) is 10.8. The zero-order valence-corrected chi connectivity index (χ0v) is 22.7. The first-order chi connectivity index (χ1) is 17.8. The Balaban J connectivity index is 1.25. The average Bonchev–Trinajstić information content (AvgIpc) is 3.42. The van der Waals surface area contributed by atoms with Gasteiger partial charge in [0.05, 0.1) is 18.0 Å². The van der Waals surface area contributed by atoms with Crippen molar-refractivity contribution in [3.8, 4) is 17.0 Å². The van der Waals surface area contributed by atoms with Crippen LogP contribution in [0.25, 0.3) is 11.3 Å². The molecule has 2 N–H and O–H groups in total. The van der Waals surface area contributed by atoms with Gasteiger partial charge < -0.3 is 19.9 Å². The molecule has 37 heavy (non-hydrogen) atoms. The van der Waals surface area contributed by atoms with E-state index in [9.17, 15) is 9.59 Å². The predicted molar refractivity (Wildman–Crippen MR) is 146 cm³/mol. The van der Waals surface area contributed by atoms with E-state index in [1.54, 1.807) is 11.6 Å². The topological polar surface area (TPSA) is 111 Å². The van der Waals surface area contributed by atoms with Crippen LogP contribution >= 0.6 is 23.1 Å².